The molecule has 0 amide bonds. The van der Waals surface area contributed by atoms with Crippen molar-refractivity contribution in [1.29, 1.82) is 0 Å². The monoisotopic (exact) mass is 245 g/mol. The summed E-state index contributed by atoms with van der Waals surface area (Å²) in [5.41, 5.74) is 7.90. The summed E-state index contributed by atoms with van der Waals surface area (Å²) in [6.07, 6.45) is 3.42. The smallest absolute Gasteiger partial charge is 0.179 e. The van der Waals surface area contributed by atoms with E-state index >= 15 is 0 Å². The molecule has 2 aromatic heterocycles. The van der Waals surface area contributed by atoms with Gasteiger partial charge in [0.1, 0.15) is 11.6 Å². The number of aromatic nitrogens is 3. The number of nitrogens with zero attached hydrogens (tertiary/aromatic N) is 3. The molecular weight excluding hydrogens is 226 g/mol. The number of fused-ring (bicyclic) bond motifs is 1. The fourth-order valence-electron chi connectivity index (χ4n) is 2.65. The van der Waals surface area contributed by atoms with Crippen LogP contribution < -0.4 is 10.6 Å². The van der Waals surface area contributed by atoms with Crippen molar-refractivity contribution >= 4 is 17.0 Å². The molecule has 0 saturated heterocycles. The summed E-state index contributed by atoms with van der Waals surface area (Å²) in [4.78, 5) is 14.5. The number of hydrogen-bond donors (Lipinski definition) is 2. The van der Waals surface area contributed by atoms with Gasteiger partial charge in [-0.05, 0) is 25.0 Å². The van der Waals surface area contributed by atoms with E-state index in [-0.39, 0.29) is 6.04 Å². The molecule has 2 aromatic rings. The maximum Gasteiger partial charge on any atom is 0.179 e. The third-order valence-electron chi connectivity index (χ3n) is 3.73. The van der Waals surface area contributed by atoms with Gasteiger partial charge >= 0.3 is 0 Å². The van der Waals surface area contributed by atoms with Crippen molar-refractivity contribution in [3.63, 3.8) is 0 Å². The molecule has 0 aromatic carbocycles. The van der Waals surface area contributed by atoms with Crippen LogP contribution in [0.4, 0.5) is 5.82 Å². The van der Waals surface area contributed by atoms with Crippen LogP contribution in [0.3, 0.4) is 0 Å². The molecule has 2 unspecified atom stereocenters. The maximum atomic E-state index is 6.12. The van der Waals surface area contributed by atoms with Gasteiger partial charge in [-0.25, -0.2) is 9.97 Å². The number of nitrogens with one attached hydrogen (secondary N) is 1. The largest absolute Gasteiger partial charge is 0.363 e. The first kappa shape index (κ1) is 11.5. The lowest BCUT2D eigenvalue weighted by Gasteiger charge is -2.11. The van der Waals surface area contributed by atoms with Crippen LogP contribution in [0, 0.1) is 0 Å². The minimum atomic E-state index is 0.235. The number of H-pyrrole nitrogens is 1. The van der Waals surface area contributed by atoms with Crippen LogP contribution in [-0.2, 0) is 0 Å². The van der Waals surface area contributed by atoms with Crippen LogP contribution in [0.5, 0.6) is 0 Å². The lowest BCUT2D eigenvalue weighted by atomic mass is 10.0. The number of rotatable bonds is 2. The molecule has 3 rings (SSSR count). The first-order valence-corrected chi connectivity index (χ1v) is 6.44. The summed E-state index contributed by atoms with van der Waals surface area (Å²) in [6, 6.07) is 4.27. The van der Waals surface area contributed by atoms with E-state index in [4.69, 9.17) is 5.73 Å². The Hall–Kier alpha value is -1.62. The Morgan fingerprint density at radius 2 is 2.11 bits per heavy atom. The molecule has 5 heteroatoms. The van der Waals surface area contributed by atoms with Gasteiger partial charge in [-0.3, -0.25) is 0 Å². The predicted octanol–water partition coefficient (Wildman–Crippen LogP) is 1.62. The molecule has 0 aliphatic heterocycles. The Morgan fingerprint density at radius 1 is 1.28 bits per heavy atom. The molecule has 0 bridgehead atoms. The molecule has 1 aliphatic carbocycles. The van der Waals surface area contributed by atoms with Crippen molar-refractivity contribution in [3.8, 4) is 0 Å². The summed E-state index contributed by atoms with van der Waals surface area (Å²) < 4.78 is 0. The van der Waals surface area contributed by atoms with Gasteiger partial charge < -0.3 is 15.6 Å². The van der Waals surface area contributed by atoms with Gasteiger partial charge in [0.25, 0.3) is 0 Å². The number of imidazole rings is 1. The normalized spacial score (nSPS) is 23.7. The molecule has 1 saturated carbocycles. The first-order valence-electron chi connectivity index (χ1n) is 6.44. The van der Waals surface area contributed by atoms with Crippen LogP contribution in [0.1, 0.15) is 31.0 Å². The van der Waals surface area contributed by atoms with Crippen molar-refractivity contribution in [3.05, 3.63) is 18.0 Å². The summed E-state index contributed by atoms with van der Waals surface area (Å²) >= 11 is 0. The zero-order chi connectivity index (χ0) is 12.7. The molecule has 1 aliphatic rings. The van der Waals surface area contributed by atoms with Crippen LogP contribution in [0.15, 0.2) is 12.1 Å². The highest BCUT2D eigenvalue weighted by molar-refractivity contribution is 5.73. The number of pyridine rings is 1. The van der Waals surface area contributed by atoms with Crippen molar-refractivity contribution in [2.24, 2.45) is 5.73 Å². The molecule has 3 N–H and O–H groups in total. The number of anilines is 1. The summed E-state index contributed by atoms with van der Waals surface area (Å²) in [5.74, 6) is 2.29. The molecule has 18 heavy (non-hydrogen) atoms. The lowest BCUT2D eigenvalue weighted by Crippen LogP contribution is -2.23. The van der Waals surface area contributed by atoms with Gasteiger partial charge in [-0.15, -0.1) is 0 Å². The number of hydrogen-bond acceptors (Lipinski definition) is 4. The molecule has 0 spiro atoms. The van der Waals surface area contributed by atoms with Gasteiger partial charge in [0.15, 0.2) is 5.65 Å². The van der Waals surface area contributed by atoms with E-state index in [1.807, 2.05) is 31.1 Å². The Labute approximate surface area is 106 Å². The van der Waals surface area contributed by atoms with E-state index in [1.54, 1.807) is 0 Å². The van der Waals surface area contributed by atoms with Gasteiger partial charge in [-0.1, -0.05) is 6.42 Å². The minimum absolute atomic E-state index is 0.235. The SMILES string of the molecule is CN(C)c1ccc2[nH]c(C3CCCC3N)nc2n1. The topological polar surface area (TPSA) is 70.8 Å². The Morgan fingerprint density at radius 3 is 2.78 bits per heavy atom. The Balaban J connectivity index is 2.00. The van der Waals surface area contributed by atoms with E-state index in [0.29, 0.717) is 5.92 Å². The van der Waals surface area contributed by atoms with Gasteiger partial charge in [0.05, 0.1) is 5.52 Å². The summed E-state index contributed by atoms with van der Waals surface area (Å²) in [6.45, 7) is 0. The molecule has 96 valence electrons. The van der Waals surface area contributed by atoms with Crippen LogP contribution in [-0.4, -0.2) is 35.1 Å². The van der Waals surface area contributed by atoms with Gasteiger partial charge in [0.2, 0.25) is 0 Å². The molecular formula is C13H19N5. The Bertz CT molecular complexity index is 560. The second-order valence-corrected chi connectivity index (χ2v) is 5.26. The second kappa shape index (κ2) is 4.24. The van der Waals surface area contributed by atoms with Crippen LogP contribution in [0.2, 0.25) is 0 Å². The quantitative estimate of drug-likeness (QED) is 0.843. The van der Waals surface area contributed by atoms with Crippen molar-refractivity contribution in [1.82, 2.24) is 15.0 Å². The molecule has 5 nitrogen and oxygen atoms in total. The van der Waals surface area contributed by atoms with E-state index in [2.05, 4.69) is 15.0 Å². The van der Waals surface area contributed by atoms with E-state index in [1.165, 1.54) is 6.42 Å². The maximum absolute atomic E-state index is 6.12. The minimum Gasteiger partial charge on any atom is -0.363 e. The third kappa shape index (κ3) is 1.84. The van der Waals surface area contributed by atoms with E-state index in [0.717, 1.165) is 35.6 Å². The van der Waals surface area contributed by atoms with Crippen molar-refractivity contribution in [2.45, 2.75) is 31.2 Å². The third-order valence-corrected chi connectivity index (χ3v) is 3.73. The fourth-order valence-corrected chi connectivity index (χ4v) is 2.65. The Kier molecular flexibility index (Phi) is 2.70. The fraction of sp³-hybridized carbons (Fsp3) is 0.538. The van der Waals surface area contributed by atoms with Crippen molar-refractivity contribution in [2.75, 3.05) is 19.0 Å². The highest BCUT2D eigenvalue weighted by atomic mass is 15.2. The molecule has 0 radical (unpaired) electrons. The zero-order valence-corrected chi connectivity index (χ0v) is 10.8. The molecule has 2 heterocycles. The number of nitrogens with two attached hydrogens (primary N) is 1. The predicted molar refractivity (Wildman–Crippen MR) is 72.8 cm³/mol. The van der Waals surface area contributed by atoms with Crippen molar-refractivity contribution < 1.29 is 0 Å². The average Bonchev–Trinajstić information content (AvgIpc) is 2.92. The lowest BCUT2D eigenvalue weighted by molar-refractivity contribution is 0.588. The highest BCUT2D eigenvalue weighted by Crippen LogP contribution is 2.32. The standard InChI is InChI=1S/C13H19N5/c1-18(2)11-7-6-10-13(16-11)17-12(15-10)8-4-3-5-9(8)14/h6-9H,3-5,14H2,1-2H3,(H,15,16,17). The van der Waals surface area contributed by atoms with Gasteiger partial charge in [0, 0.05) is 26.1 Å². The van der Waals surface area contributed by atoms with Crippen LogP contribution in [0.25, 0.3) is 11.2 Å². The van der Waals surface area contributed by atoms with E-state index in [9.17, 15) is 0 Å². The molecule has 2 atom stereocenters. The summed E-state index contributed by atoms with van der Waals surface area (Å²) in [5, 5.41) is 0. The molecule has 1 fully saturated rings. The average molecular weight is 245 g/mol. The zero-order valence-electron chi connectivity index (χ0n) is 10.8. The van der Waals surface area contributed by atoms with E-state index < -0.39 is 0 Å². The first-order chi connectivity index (χ1) is 8.65. The second-order valence-electron chi connectivity index (χ2n) is 5.26. The van der Waals surface area contributed by atoms with Crippen LogP contribution >= 0.6 is 0 Å². The number of aromatic amines is 1. The van der Waals surface area contributed by atoms with Gasteiger partial charge in [-0.2, -0.15) is 0 Å². The summed E-state index contributed by atoms with van der Waals surface area (Å²) in [7, 11) is 3.96. The highest BCUT2D eigenvalue weighted by Gasteiger charge is 2.28.